The molecule has 2 heterocycles. The van der Waals surface area contributed by atoms with Gasteiger partial charge in [0.05, 0.1) is 44.7 Å². The van der Waals surface area contributed by atoms with Crippen LogP contribution in [0, 0.1) is 0 Å². The molecule has 146 valence electrons. The molecule has 0 N–H and O–H groups in total. The quantitative estimate of drug-likeness (QED) is 0.588. The highest BCUT2D eigenvalue weighted by Crippen LogP contribution is 2.36. The van der Waals surface area contributed by atoms with Gasteiger partial charge in [-0.2, -0.15) is 0 Å². The highest BCUT2D eigenvalue weighted by Gasteiger charge is 2.32. The van der Waals surface area contributed by atoms with Gasteiger partial charge in [0.15, 0.2) is 16.6 Å². The minimum absolute atomic E-state index is 0.172. The van der Waals surface area contributed by atoms with Crippen molar-refractivity contribution in [2.24, 2.45) is 0 Å². The average molecular weight is 400 g/mol. The summed E-state index contributed by atoms with van der Waals surface area (Å²) in [5.74, 6) is 1.45. The summed E-state index contributed by atoms with van der Waals surface area (Å²) >= 11 is 1.60. The molecule has 2 aromatic carbocycles. The number of rotatable bonds is 6. The Kier molecular flexibility index (Phi) is 4.95. The molecule has 0 aliphatic carbocycles. The lowest BCUT2D eigenvalue weighted by atomic mass is 10.1. The minimum atomic E-state index is -0.378. The first kappa shape index (κ1) is 18.4. The van der Waals surface area contributed by atoms with Gasteiger partial charge in [0.25, 0.3) is 0 Å². The number of carbonyl (C=O) groups is 1. The van der Waals surface area contributed by atoms with Gasteiger partial charge in [0, 0.05) is 0 Å². The Labute approximate surface area is 166 Å². The molecule has 28 heavy (non-hydrogen) atoms. The van der Waals surface area contributed by atoms with E-state index >= 15 is 0 Å². The second kappa shape index (κ2) is 7.55. The molecule has 0 spiro atoms. The van der Waals surface area contributed by atoms with Crippen LogP contribution in [0.1, 0.15) is 10.4 Å². The number of ether oxygens (including phenoxy) is 4. The van der Waals surface area contributed by atoms with Crippen LogP contribution >= 0.6 is 11.3 Å². The maximum atomic E-state index is 12.4. The zero-order valence-corrected chi connectivity index (χ0v) is 16.6. The third kappa shape index (κ3) is 3.31. The number of hydrogen-bond donors (Lipinski definition) is 0. The van der Waals surface area contributed by atoms with E-state index in [1.807, 2.05) is 18.2 Å². The summed E-state index contributed by atoms with van der Waals surface area (Å²) in [6.07, 6.45) is -0.172. The zero-order chi connectivity index (χ0) is 19.7. The number of esters is 1. The van der Waals surface area contributed by atoms with Gasteiger partial charge in [-0.3, -0.25) is 0 Å². The van der Waals surface area contributed by atoms with Crippen molar-refractivity contribution in [2.75, 3.05) is 39.3 Å². The predicted molar refractivity (Wildman–Crippen MR) is 107 cm³/mol. The third-order valence-electron chi connectivity index (χ3n) is 4.60. The van der Waals surface area contributed by atoms with Crippen molar-refractivity contribution >= 4 is 32.7 Å². The van der Waals surface area contributed by atoms with E-state index < -0.39 is 0 Å². The lowest BCUT2D eigenvalue weighted by Gasteiger charge is -2.38. The maximum Gasteiger partial charge on any atom is 0.338 e. The number of nitrogens with zero attached hydrogens (tertiary/aromatic N) is 2. The molecule has 7 nitrogen and oxygen atoms in total. The van der Waals surface area contributed by atoms with E-state index in [2.05, 4.69) is 9.88 Å². The van der Waals surface area contributed by atoms with E-state index in [-0.39, 0.29) is 12.1 Å². The molecule has 4 rings (SSSR count). The van der Waals surface area contributed by atoms with Crippen LogP contribution in [0.15, 0.2) is 36.4 Å². The summed E-state index contributed by atoms with van der Waals surface area (Å²) in [6, 6.07) is 10.9. The van der Waals surface area contributed by atoms with Crippen LogP contribution in [-0.4, -0.2) is 51.5 Å². The second-order valence-corrected chi connectivity index (χ2v) is 7.31. The zero-order valence-electron chi connectivity index (χ0n) is 15.8. The molecule has 0 amide bonds. The summed E-state index contributed by atoms with van der Waals surface area (Å²) in [5, 5.41) is 0.901. The highest BCUT2D eigenvalue weighted by atomic mass is 32.1. The van der Waals surface area contributed by atoms with Gasteiger partial charge in [0.1, 0.15) is 17.4 Å². The summed E-state index contributed by atoms with van der Waals surface area (Å²) in [6.45, 7) is 1.22. The molecule has 1 fully saturated rings. The van der Waals surface area contributed by atoms with Crippen LogP contribution in [0.2, 0.25) is 0 Å². The number of para-hydroxylation sites is 1. The number of fused-ring (bicyclic) bond motifs is 1. The van der Waals surface area contributed by atoms with Crippen LogP contribution in [-0.2, 0) is 4.74 Å². The summed E-state index contributed by atoms with van der Waals surface area (Å²) < 4.78 is 22.5. The molecule has 0 atom stereocenters. The number of hydrogen-bond acceptors (Lipinski definition) is 8. The molecular formula is C20H20N2O5S. The fourth-order valence-corrected chi connectivity index (χ4v) is 4.06. The lowest BCUT2D eigenvalue weighted by Crippen LogP contribution is -2.53. The number of aromatic nitrogens is 1. The van der Waals surface area contributed by atoms with Crippen molar-refractivity contribution in [1.29, 1.82) is 0 Å². The second-order valence-electron chi connectivity index (χ2n) is 6.31. The van der Waals surface area contributed by atoms with Crippen LogP contribution in [0.4, 0.5) is 5.13 Å². The molecule has 1 aromatic heterocycles. The molecule has 0 saturated carbocycles. The first-order valence-electron chi connectivity index (χ1n) is 8.74. The van der Waals surface area contributed by atoms with E-state index in [1.165, 1.54) is 7.11 Å². The van der Waals surface area contributed by atoms with Crippen molar-refractivity contribution in [1.82, 2.24) is 4.98 Å². The third-order valence-corrected chi connectivity index (χ3v) is 5.68. The first-order chi connectivity index (χ1) is 13.6. The number of anilines is 1. The van der Waals surface area contributed by atoms with Gasteiger partial charge >= 0.3 is 5.97 Å². The van der Waals surface area contributed by atoms with Crippen molar-refractivity contribution < 1.29 is 23.7 Å². The van der Waals surface area contributed by atoms with Crippen LogP contribution in [0.5, 0.6) is 17.2 Å². The van der Waals surface area contributed by atoms with E-state index in [1.54, 1.807) is 43.8 Å². The number of thiazole rings is 1. The normalized spacial score (nSPS) is 13.9. The standard InChI is InChI=1S/C20H20N2O5S/c1-24-14-8-7-12(9-16(14)26-3)19(23)27-13-10-22(11-13)20-21-18-15(25-2)5-4-6-17(18)28-20/h4-9,13H,10-11H2,1-3H3. The van der Waals surface area contributed by atoms with Crippen molar-refractivity contribution in [3.8, 4) is 17.2 Å². The largest absolute Gasteiger partial charge is 0.494 e. The first-order valence-corrected chi connectivity index (χ1v) is 9.56. The highest BCUT2D eigenvalue weighted by molar-refractivity contribution is 7.22. The minimum Gasteiger partial charge on any atom is -0.494 e. The van der Waals surface area contributed by atoms with Crippen molar-refractivity contribution in [3.05, 3.63) is 42.0 Å². The van der Waals surface area contributed by atoms with Crippen LogP contribution < -0.4 is 19.1 Å². The molecule has 3 aromatic rings. The molecular weight excluding hydrogens is 380 g/mol. The van der Waals surface area contributed by atoms with E-state index in [0.717, 1.165) is 21.1 Å². The Morgan fingerprint density at radius 2 is 1.79 bits per heavy atom. The van der Waals surface area contributed by atoms with Crippen molar-refractivity contribution in [2.45, 2.75) is 6.10 Å². The monoisotopic (exact) mass is 400 g/mol. The van der Waals surface area contributed by atoms with E-state index in [9.17, 15) is 4.79 Å². The molecule has 0 bridgehead atoms. The van der Waals surface area contributed by atoms with Crippen molar-refractivity contribution in [3.63, 3.8) is 0 Å². The SMILES string of the molecule is COc1ccc(C(=O)OC2CN(c3nc4c(OC)cccc4s3)C2)cc1OC. The van der Waals surface area contributed by atoms with Gasteiger partial charge in [0.2, 0.25) is 0 Å². The van der Waals surface area contributed by atoms with Crippen LogP contribution in [0.25, 0.3) is 10.2 Å². The summed E-state index contributed by atoms with van der Waals surface area (Å²) in [4.78, 5) is 19.2. The van der Waals surface area contributed by atoms with Crippen LogP contribution in [0.3, 0.4) is 0 Å². The molecule has 8 heteroatoms. The number of carbonyl (C=O) groups excluding carboxylic acids is 1. The molecule has 1 aliphatic heterocycles. The van der Waals surface area contributed by atoms with Gasteiger partial charge in [-0.15, -0.1) is 0 Å². The van der Waals surface area contributed by atoms with E-state index in [0.29, 0.717) is 30.2 Å². The molecule has 0 radical (unpaired) electrons. The van der Waals surface area contributed by atoms with E-state index in [4.69, 9.17) is 18.9 Å². The number of benzene rings is 2. The Morgan fingerprint density at radius 1 is 1.04 bits per heavy atom. The van der Waals surface area contributed by atoms with Gasteiger partial charge in [-0.05, 0) is 30.3 Å². The summed E-state index contributed by atoms with van der Waals surface area (Å²) in [5.41, 5.74) is 1.29. The number of methoxy groups -OCH3 is 3. The van der Waals surface area contributed by atoms with Gasteiger partial charge in [-0.1, -0.05) is 17.4 Å². The Morgan fingerprint density at radius 3 is 2.50 bits per heavy atom. The van der Waals surface area contributed by atoms with Gasteiger partial charge < -0.3 is 23.8 Å². The maximum absolute atomic E-state index is 12.4. The predicted octanol–water partition coefficient (Wildman–Crippen LogP) is 3.37. The Hall–Kier alpha value is -3.00. The fourth-order valence-electron chi connectivity index (χ4n) is 3.06. The smallest absolute Gasteiger partial charge is 0.338 e. The Balaban J connectivity index is 1.40. The topological polar surface area (TPSA) is 70.1 Å². The average Bonchev–Trinajstić information content (AvgIpc) is 3.13. The fraction of sp³-hybridized carbons (Fsp3) is 0.300. The van der Waals surface area contributed by atoms with Gasteiger partial charge in [-0.25, -0.2) is 9.78 Å². The molecule has 0 unspecified atom stereocenters. The summed E-state index contributed by atoms with van der Waals surface area (Å²) in [7, 11) is 4.72. The molecule has 1 saturated heterocycles. The Bertz CT molecular complexity index is 1010. The molecule has 1 aliphatic rings. The lowest BCUT2D eigenvalue weighted by molar-refractivity contribution is 0.0234.